The molecule has 0 aliphatic heterocycles. The molecule has 0 aromatic carbocycles. The standard InChI is InChI=1S/C17H36O2Si/c1-13(2)10-15(4)16(11-14(3)12-18)19-20(8,9)17(5,6)7/h11,13,15-16,18H,10,12H2,1-9H3/b14-11+/t15-,16-/m0/s1. The second kappa shape index (κ2) is 7.76. The predicted molar refractivity (Wildman–Crippen MR) is 91.5 cm³/mol. The van der Waals surface area contributed by atoms with E-state index in [2.05, 4.69) is 60.7 Å². The van der Waals surface area contributed by atoms with Crippen LogP contribution in [0.3, 0.4) is 0 Å². The summed E-state index contributed by atoms with van der Waals surface area (Å²) in [5.41, 5.74) is 1.00. The molecule has 0 aliphatic rings. The third-order valence-electron chi connectivity index (χ3n) is 4.34. The minimum atomic E-state index is -1.79. The van der Waals surface area contributed by atoms with Crippen molar-refractivity contribution in [3.05, 3.63) is 11.6 Å². The molecule has 0 unspecified atom stereocenters. The van der Waals surface area contributed by atoms with Gasteiger partial charge in [-0.1, -0.05) is 47.6 Å². The van der Waals surface area contributed by atoms with Crippen LogP contribution >= 0.6 is 0 Å². The normalized spacial score (nSPS) is 17.4. The van der Waals surface area contributed by atoms with Gasteiger partial charge in [0.05, 0.1) is 12.7 Å². The summed E-state index contributed by atoms with van der Waals surface area (Å²) in [4.78, 5) is 0. The first-order chi connectivity index (χ1) is 8.90. The summed E-state index contributed by atoms with van der Waals surface area (Å²) in [5, 5.41) is 9.51. The lowest BCUT2D eigenvalue weighted by molar-refractivity contribution is 0.152. The molecule has 2 nitrogen and oxygen atoms in total. The molecule has 0 heterocycles. The highest BCUT2D eigenvalue weighted by atomic mass is 28.4. The summed E-state index contributed by atoms with van der Waals surface area (Å²) < 4.78 is 6.59. The Morgan fingerprint density at radius 1 is 1.20 bits per heavy atom. The second-order valence-corrected chi connectivity index (χ2v) is 12.9. The van der Waals surface area contributed by atoms with E-state index in [1.807, 2.05) is 6.92 Å². The van der Waals surface area contributed by atoms with Gasteiger partial charge in [-0.05, 0) is 48.9 Å². The van der Waals surface area contributed by atoms with Crippen LogP contribution in [0.25, 0.3) is 0 Å². The Labute approximate surface area is 127 Å². The van der Waals surface area contributed by atoms with Gasteiger partial charge >= 0.3 is 0 Å². The zero-order chi connectivity index (χ0) is 16.1. The van der Waals surface area contributed by atoms with Crippen LogP contribution in [0, 0.1) is 11.8 Å². The Morgan fingerprint density at radius 3 is 2.05 bits per heavy atom. The average molecular weight is 301 g/mol. The summed E-state index contributed by atoms with van der Waals surface area (Å²) in [6.07, 6.45) is 3.40. The summed E-state index contributed by atoms with van der Waals surface area (Å²) in [6, 6.07) is 0. The monoisotopic (exact) mass is 300 g/mol. The number of aliphatic hydroxyl groups excluding tert-OH is 1. The van der Waals surface area contributed by atoms with Crippen LogP contribution in [-0.4, -0.2) is 26.1 Å². The van der Waals surface area contributed by atoms with E-state index in [-0.39, 0.29) is 17.7 Å². The maximum atomic E-state index is 9.29. The third kappa shape index (κ3) is 6.55. The van der Waals surface area contributed by atoms with Crippen LogP contribution in [0.1, 0.15) is 54.9 Å². The smallest absolute Gasteiger partial charge is 0.192 e. The largest absolute Gasteiger partial charge is 0.410 e. The van der Waals surface area contributed by atoms with Crippen molar-refractivity contribution in [2.75, 3.05) is 6.61 Å². The van der Waals surface area contributed by atoms with Crippen molar-refractivity contribution in [3.63, 3.8) is 0 Å². The van der Waals surface area contributed by atoms with Crippen molar-refractivity contribution in [2.24, 2.45) is 11.8 Å². The maximum Gasteiger partial charge on any atom is 0.192 e. The lowest BCUT2D eigenvalue weighted by Gasteiger charge is -2.40. The Hall–Kier alpha value is -0.123. The molecule has 0 spiro atoms. The van der Waals surface area contributed by atoms with Crippen molar-refractivity contribution < 1.29 is 9.53 Å². The molecule has 0 saturated heterocycles. The molecular formula is C17H36O2Si. The number of rotatable bonds is 7. The zero-order valence-corrected chi connectivity index (χ0v) is 16.1. The summed E-state index contributed by atoms with van der Waals surface area (Å²) in [6.45, 7) is 20.3. The van der Waals surface area contributed by atoms with E-state index in [0.717, 1.165) is 12.0 Å². The molecular weight excluding hydrogens is 264 g/mol. The van der Waals surface area contributed by atoms with E-state index < -0.39 is 8.32 Å². The van der Waals surface area contributed by atoms with Gasteiger partial charge < -0.3 is 9.53 Å². The topological polar surface area (TPSA) is 29.5 Å². The van der Waals surface area contributed by atoms with Gasteiger partial charge in [0.25, 0.3) is 0 Å². The number of hydrogen-bond donors (Lipinski definition) is 1. The van der Waals surface area contributed by atoms with E-state index in [0.29, 0.717) is 11.8 Å². The van der Waals surface area contributed by atoms with Gasteiger partial charge in [-0.15, -0.1) is 0 Å². The molecule has 3 heteroatoms. The van der Waals surface area contributed by atoms with Crippen molar-refractivity contribution in [3.8, 4) is 0 Å². The zero-order valence-electron chi connectivity index (χ0n) is 15.1. The first-order valence-electron chi connectivity index (χ1n) is 7.86. The molecule has 0 aromatic rings. The highest BCUT2D eigenvalue weighted by Gasteiger charge is 2.39. The first-order valence-corrected chi connectivity index (χ1v) is 10.8. The molecule has 1 N–H and O–H groups in total. The molecule has 0 amide bonds. The van der Waals surface area contributed by atoms with Gasteiger partial charge in [0, 0.05) is 0 Å². The Kier molecular flexibility index (Phi) is 7.72. The summed E-state index contributed by atoms with van der Waals surface area (Å²) >= 11 is 0. The lowest BCUT2D eigenvalue weighted by Crippen LogP contribution is -2.45. The highest BCUT2D eigenvalue weighted by Crippen LogP contribution is 2.38. The minimum absolute atomic E-state index is 0.116. The van der Waals surface area contributed by atoms with E-state index in [1.54, 1.807) is 0 Å². The summed E-state index contributed by atoms with van der Waals surface area (Å²) in [5.74, 6) is 1.14. The van der Waals surface area contributed by atoms with Crippen LogP contribution in [0.4, 0.5) is 0 Å². The van der Waals surface area contributed by atoms with E-state index in [1.165, 1.54) is 0 Å². The van der Waals surface area contributed by atoms with E-state index >= 15 is 0 Å². The lowest BCUT2D eigenvalue weighted by atomic mass is 9.93. The molecule has 0 fully saturated rings. The fraction of sp³-hybridized carbons (Fsp3) is 0.882. The Bertz CT molecular complexity index is 313. The van der Waals surface area contributed by atoms with Gasteiger partial charge in [-0.25, -0.2) is 0 Å². The van der Waals surface area contributed by atoms with Crippen LogP contribution < -0.4 is 0 Å². The van der Waals surface area contributed by atoms with Crippen molar-refractivity contribution in [1.82, 2.24) is 0 Å². The van der Waals surface area contributed by atoms with Gasteiger partial charge in [0.2, 0.25) is 0 Å². The summed E-state index contributed by atoms with van der Waals surface area (Å²) in [7, 11) is -1.79. The maximum absolute atomic E-state index is 9.29. The molecule has 0 bridgehead atoms. The van der Waals surface area contributed by atoms with Crippen molar-refractivity contribution >= 4 is 8.32 Å². The van der Waals surface area contributed by atoms with Crippen molar-refractivity contribution in [1.29, 1.82) is 0 Å². The SMILES string of the molecule is C/C(=C\[C@H](O[Si](C)(C)C(C)(C)C)[C@@H](C)CC(C)C)CO. The molecule has 0 radical (unpaired) electrons. The van der Waals surface area contributed by atoms with Gasteiger partial charge in [0.15, 0.2) is 8.32 Å². The van der Waals surface area contributed by atoms with Gasteiger partial charge in [-0.3, -0.25) is 0 Å². The molecule has 0 rings (SSSR count). The average Bonchev–Trinajstić information content (AvgIpc) is 2.25. The number of hydrogen-bond acceptors (Lipinski definition) is 2. The Balaban J connectivity index is 5.14. The molecule has 0 aromatic heterocycles. The highest BCUT2D eigenvalue weighted by molar-refractivity contribution is 6.74. The molecule has 2 atom stereocenters. The fourth-order valence-electron chi connectivity index (χ4n) is 2.04. The van der Waals surface area contributed by atoms with Gasteiger partial charge in [-0.2, -0.15) is 0 Å². The van der Waals surface area contributed by atoms with Crippen LogP contribution in [0.2, 0.25) is 18.1 Å². The molecule has 120 valence electrons. The fourth-order valence-corrected chi connectivity index (χ4v) is 3.38. The molecule has 0 aliphatic carbocycles. The number of aliphatic hydroxyl groups is 1. The second-order valence-electron chi connectivity index (χ2n) is 8.12. The van der Waals surface area contributed by atoms with E-state index in [9.17, 15) is 5.11 Å². The van der Waals surface area contributed by atoms with Crippen LogP contribution in [0.5, 0.6) is 0 Å². The predicted octanol–water partition coefficient (Wildman–Crippen LogP) is 5.00. The van der Waals surface area contributed by atoms with Crippen LogP contribution in [0.15, 0.2) is 11.6 Å². The quantitative estimate of drug-likeness (QED) is 0.530. The first kappa shape index (κ1) is 19.9. The van der Waals surface area contributed by atoms with Gasteiger partial charge in [0.1, 0.15) is 0 Å². The Morgan fingerprint density at radius 2 is 1.70 bits per heavy atom. The third-order valence-corrected chi connectivity index (χ3v) is 8.81. The van der Waals surface area contributed by atoms with Crippen molar-refractivity contribution in [2.45, 2.75) is 79.1 Å². The van der Waals surface area contributed by atoms with Crippen LogP contribution in [-0.2, 0) is 4.43 Å². The minimum Gasteiger partial charge on any atom is -0.410 e. The molecule has 0 saturated carbocycles. The van der Waals surface area contributed by atoms with E-state index in [4.69, 9.17) is 4.43 Å². The molecule has 20 heavy (non-hydrogen) atoms.